The maximum Gasteiger partial charge on any atom is 0.262 e. The first-order valence-corrected chi connectivity index (χ1v) is 7.00. The van der Waals surface area contributed by atoms with Crippen molar-refractivity contribution in [3.8, 4) is 16.3 Å². The van der Waals surface area contributed by atoms with Gasteiger partial charge >= 0.3 is 0 Å². The molecule has 0 saturated carbocycles. The molecule has 0 saturated heterocycles. The molecule has 0 atom stereocenters. The summed E-state index contributed by atoms with van der Waals surface area (Å²) in [6.45, 7) is 0.0591. The lowest BCUT2D eigenvalue weighted by Crippen LogP contribution is -2.11. The van der Waals surface area contributed by atoms with E-state index in [4.69, 9.17) is 15.2 Å². The van der Waals surface area contributed by atoms with Gasteiger partial charge in [0.15, 0.2) is 6.79 Å². The second-order valence-electron chi connectivity index (χ2n) is 4.29. The number of hydrogen-bond acceptors (Lipinski definition) is 5. The summed E-state index contributed by atoms with van der Waals surface area (Å²) >= 11 is 1.27. The van der Waals surface area contributed by atoms with Gasteiger partial charge in [-0.05, 0) is 12.1 Å². The van der Waals surface area contributed by atoms with E-state index in [1.54, 1.807) is 12.3 Å². The highest BCUT2D eigenvalue weighted by Crippen LogP contribution is 2.36. The monoisotopic (exact) mass is 303 g/mol. The van der Waals surface area contributed by atoms with E-state index in [1.807, 2.05) is 28.8 Å². The predicted octanol–water partition coefficient (Wildman–Crippen LogP) is 2.14. The lowest BCUT2D eigenvalue weighted by Gasteiger charge is -2.02. The van der Waals surface area contributed by atoms with Crippen molar-refractivity contribution >= 4 is 22.9 Å². The van der Waals surface area contributed by atoms with Gasteiger partial charge in [-0.2, -0.15) is 0 Å². The summed E-state index contributed by atoms with van der Waals surface area (Å²) in [5, 5.41) is 0. The van der Waals surface area contributed by atoms with Crippen LogP contribution in [0.25, 0.3) is 16.2 Å². The fraction of sp³-hybridized carbons (Fsp3) is 0.143. The molecular formula is C14H13N3O3S. The molecule has 2 N–H and O–H groups in total. The molecule has 3 aromatic rings. The van der Waals surface area contributed by atoms with Gasteiger partial charge in [0.1, 0.15) is 16.3 Å². The minimum Gasteiger partial charge on any atom is -0.466 e. The van der Waals surface area contributed by atoms with Gasteiger partial charge in [-0.3, -0.25) is 9.20 Å². The average molecular weight is 303 g/mol. The fourth-order valence-electron chi connectivity index (χ4n) is 2.02. The summed E-state index contributed by atoms with van der Waals surface area (Å²) in [7, 11) is 1.52. The Bertz CT molecular complexity index is 794. The predicted molar refractivity (Wildman–Crippen MR) is 79.5 cm³/mol. The van der Waals surface area contributed by atoms with E-state index in [0.29, 0.717) is 10.6 Å². The van der Waals surface area contributed by atoms with Gasteiger partial charge in [-0.25, -0.2) is 4.98 Å². The first-order chi connectivity index (χ1) is 10.2. The van der Waals surface area contributed by atoms with Crippen molar-refractivity contribution in [2.24, 2.45) is 5.73 Å². The normalized spacial score (nSPS) is 10.9. The second-order valence-corrected chi connectivity index (χ2v) is 5.34. The van der Waals surface area contributed by atoms with Gasteiger partial charge in [-0.1, -0.05) is 6.07 Å². The molecule has 1 amide bonds. The van der Waals surface area contributed by atoms with E-state index in [1.165, 1.54) is 18.4 Å². The Morgan fingerprint density at radius 2 is 2.33 bits per heavy atom. The number of primary amides is 1. The van der Waals surface area contributed by atoms with Crippen molar-refractivity contribution in [2.75, 3.05) is 13.9 Å². The van der Waals surface area contributed by atoms with E-state index in [9.17, 15) is 4.79 Å². The zero-order valence-electron chi connectivity index (χ0n) is 11.3. The standard InChI is InChI=1S/C14H13N3O3S/c1-19-8-20-10-6-11(21-13(10)14(15)18)9-7-16-12-4-2-3-5-17(9)12/h2-7H,8H2,1H3,(H2,15,18). The molecule has 3 rings (SSSR count). The zero-order valence-corrected chi connectivity index (χ0v) is 12.1. The molecule has 0 radical (unpaired) electrons. The van der Waals surface area contributed by atoms with E-state index in [0.717, 1.165) is 16.2 Å². The number of carbonyl (C=O) groups is 1. The van der Waals surface area contributed by atoms with Gasteiger partial charge < -0.3 is 15.2 Å². The number of rotatable bonds is 5. The number of ether oxygens (including phenoxy) is 2. The van der Waals surface area contributed by atoms with Crippen LogP contribution in [0.15, 0.2) is 36.7 Å². The van der Waals surface area contributed by atoms with E-state index in [2.05, 4.69) is 4.98 Å². The molecule has 0 aliphatic rings. The van der Waals surface area contributed by atoms with Crippen LogP contribution in [-0.2, 0) is 4.74 Å². The molecule has 7 heteroatoms. The molecule has 3 heterocycles. The Balaban J connectivity index is 2.08. The van der Waals surface area contributed by atoms with E-state index < -0.39 is 5.91 Å². The Morgan fingerprint density at radius 3 is 3.10 bits per heavy atom. The molecule has 6 nitrogen and oxygen atoms in total. The molecule has 0 aliphatic heterocycles. The molecule has 0 unspecified atom stereocenters. The first-order valence-electron chi connectivity index (χ1n) is 6.18. The van der Waals surface area contributed by atoms with Crippen molar-refractivity contribution in [3.63, 3.8) is 0 Å². The number of thiophene rings is 1. The number of fused-ring (bicyclic) bond motifs is 1. The van der Waals surface area contributed by atoms with Crippen molar-refractivity contribution in [2.45, 2.75) is 0 Å². The maximum atomic E-state index is 11.5. The molecule has 3 aromatic heterocycles. The van der Waals surface area contributed by atoms with E-state index in [-0.39, 0.29) is 6.79 Å². The molecular weight excluding hydrogens is 290 g/mol. The number of imidazole rings is 1. The van der Waals surface area contributed by atoms with Gasteiger partial charge in [0.2, 0.25) is 0 Å². The molecule has 21 heavy (non-hydrogen) atoms. The van der Waals surface area contributed by atoms with Crippen molar-refractivity contribution in [1.29, 1.82) is 0 Å². The Labute approximate surface area is 124 Å². The molecule has 0 fully saturated rings. The van der Waals surface area contributed by atoms with Gasteiger partial charge in [0.25, 0.3) is 5.91 Å². The van der Waals surface area contributed by atoms with Crippen LogP contribution >= 0.6 is 11.3 Å². The van der Waals surface area contributed by atoms with Gasteiger partial charge in [0, 0.05) is 19.4 Å². The molecule has 0 bridgehead atoms. The van der Waals surface area contributed by atoms with Crippen molar-refractivity contribution in [3.05, 3.63) is 41.5 Å². The summed E-state index contributed by atoms with van der Waals surface area (Å²) in [4.78, 5) is 17.1. The van der Waals surface area contributed by atoms with Crippen LogP contribution < -0.4 is 10.5 Å². The Kier molecular flexibility index (Phi) is 3.59. The van der Waals surface area contributed by atoms with Gasteiger partial charge in [0.05, 0.1) is 16.8 Å². The number of nitrogens with zero attached hydrogens (tertiary/aromatic N) is 2. The lowest BCUT2D eigenvalue weighted by molar-refractivity contribution is 0.0507. The van der Waals surface area contributed by atoms with Gasteiger partial charge in [-0.15, -0.1) is 11.3 Å². The zero-order chi connectivity index (χ0) is 14.8. The van der Waals surface area contributed by atoms with Crippen LogP contribution in [0.2, 0.25) is 0 Å². The number of nitrogens with two attached hydrogens (primary N) is 1. The van der Waals surface area contributed by atoms with Crippen LogP contribution in [0, 0.1) is 0 Å². The van der Waals surface area contributed by atoms with Crippen molar-refractivity contribution < 1.29 is 14.3 Å². The minimum atomic E-state index is -0.522. The first kappa shape index (κ1) is 13.6. The third-order valence-electron chi connectivity index (χ3n) is 2.92. The quantitative estimate of drug-likeness (QED) is 0.732. The van der Waals surface area contributed by atoms with E-state index >= 15 is 0 Å². The number of amides is 1. The largest absolute Gasteiger partial charge is 0.466 e. The third-order valence-corrected chi connectivity index (χ3v) is 4.08. The molecule has 0 aliphatic carbocycles. The topological polar surface area (TPSA) is 78.8 Å². The minimum absolute atomic E-state index is 0.0591. The number of hydrogen-bond donors (Lipinski definition) is 1. The van der Waals surface area contributed by atoms with Crippen LogP contribution in [0.5, 0.6) is 5.75 Å². The number of pyridine rings is 1. The Morgan fingerprint density at radius 1 is 1.48 bits per heavy atom. The number of carbonyl (C=O) groups excluding carboxylic acids is 1. The summed E-state index contributed by atoms with van der Waals surface area (Å²) in [5.41, 5.74) is 7.11. The smallest absolute Gasteiger partial charge is 0.262 e. The SMILES string of the molecule is COCOc1cc(-c2cnc3ccccn23)sc1C(N)=O. The summed E-state index contributed by atoms with van der Waals surface area (Å²) in [5.74, 6) is -0.0959. The average Bonchev–Trinajstić information content (AvgIpc) is 3.08. The number of aromatic nitrogens is 2. The second kappa shape index (κ2) is 5.55. The summed E-state index contributed by atoms with van der Waals surface area (Å²) in [6, 6.07) is 7.53. The molecule has 0 spiro atoms. The van der Waals surface area contributed by atoms with Crippen LogP contribution in [0.4, 0.5) is 0 Å². The third kappa shape index (κ3) is 2.48. The summed E-state index contributed by atoms with van der Waals surface area (Å²) < 4.78 is 12.2. The molecule has 0 aromatic carbocycles. The maximum absolute atomic E-state index is 11.5. The van der Waals surface area contributed by atoms with Crippen LogP contribution in [0.3, 0.4) is 0 Å². The summed E-state index contributed by atoms with van der Waals surface area (Å²) in [6.07, 6.45) is 3.67. The lowest BCUT2D eigenvalue weighted by atomic mass is 10.3. The fourth-order valence-corrected chi connectivity index (χ4v) is 2.98. The number of methoxy groups -OCH3 is 1. The van der Waals surface area contributed by atoms with Crippen molar-refractivity contribution in [1.82, 2.24) is 9.38 Å². The highest BCUT2D eigenvalue weighted by Gasteiger charge is 2.18. The Hall–Kier alpha value is -2.38. The molecule has 108 valence electrons. The highest BCUT2D eigenvalue weighted by atomic mass is 32.1. The van der Waals surface area contributed by atoms with Crippen LogP contribution in [0.1, 0.15) is 9.67 Å². The van der Waals surface area contributed by atoms with Crippen LogP contribution in [-0.4, -0.2) is 29.2 Å². The highest BCUT2D eigenvalue weighted by molar-refractivity contribution is 7.17.